The first kappa shape index (κ1) is 19.0. The average Bonchev–Trinajstić information content (AvgIpc) is 2.69. The normalized spacial score (nSPS) is 10.2. The van der Waals surface area contributed by atoms with Gasteiger partial charge in [-0.3, -0.25) is 9.59 Å². The maximum Gasteiger partial charge on any atom is 0.275 e. The number of aryl methyl sites for hydroxylation is 1. The third-order valence-corrected chi connectivity index (χ3v) is 4.03. The molecule has 0 saturated heterocycles. The summed E-state index contributed by atoms with van der Waals surface area (Å²) in [5, 5.41) is 5.85. The minimum atomic E-state index is -0.387. The van der Waals surface area contributed by atoms with Crippen LogP contribution in [0.15, 0.2) is 54.9 Å². The molecule has 3 rings (SSSR count). The number of hydrogen-bond acceptors (Lipinski definition) is 6. The fraction of sp³-hybridized carbons (Fsp3) is 0.143. The Labute approximate surface area is 162 Å². The summed E-state index contributed by atoms with van der Waals surface area (Å²) in [5.41, 5.74) is 3.04. The van der Waals surface area contributed by atoms with Crippen molar-refractivity contribution >= 4 is 28.9 Å². The van der Waals surface area contributed by atoms with Crippen LogP contribution >= 0.6 is 0 Å². The Kier molecular flexibility index (Phi) is 5.64. The lowest BCUT2D eigenvalue weighted by Gasteiger charge is -2.11. The number of benzene rings is 2. The molecule has 0 fully saturated rings. The van der Waals surface area contributed by atoms with E-state index in [1.165, 1.54) is 19.3 Å². The molecular formula is C21H20N4O3. The molecule has 0 aliphatic heterocycles. The van der Waals surface area contributed by atoms with Crippen LogP contribution in [0.1, 0.15) is 33.3 Å². The van der Waals surface area contributed by atoms with E-state index in [0.717, 1.165) is 5.56 Å². The van der Waals surface area contributed by atoms with Crippen molar-refractivity contribution in [2.24, 2.45) is 0 Å². The second-order valence-corrected chi connectivity index (χ2v) is 6.21. The summed E-state index contributed by atoms with van der Waals surface area (Å²) >= 11 is 0. The van der Waals surface area contributed by atoms with Crippen LogP contribution in [0.2, 0.25) is 0 Å². The Morgan fingerprint density at radius 3 is 2.54 bits per heavy atom. The van der Waals surface area contributed by atoms with Gasteiger partial charge in [-0.25, -0.2) is 9.97 Å². The van der Waals surface area contributed by atoms with Gasteiger partial charge in [0, 0.05) is 11.3 Å². The Balaban J connectivity index is 1.72. The number of rotatable bonds is 6. The molecule has 0 bridgehead atoms. The highest BCUT2D eigenvalue weighted by Gasteiger charge is 2.12. The molecule has 0 radical (unpaired) electrons. The van der Waals surface area contributed by atoms with Gasteiger partial charge in [0.25, 0.3) is 5.91 Å². The molecule has 2 N–H and O–H groups in total. The van der Waals surface area contributed by atoms with E-state index >= 15 is 0 Å². The second kappa shape index (κ2) is 8.30. The highest BCUT2D eigenvalue weighted by Crippen LogP contribution is 2.25. The van der Waals surface area contributed by atoms with Gasteiger partial charge < -0.3 is 15.4 Å². The number of carbonyl (C=O) groups excluding carboxylic acids is 2. The van der Waals surface area contributed by atoms with Crippen molar-refractivity contribution in [1.29, 1.82) is 0 Å². The summed E-state index contributed by atoms with van der Waals surface area (Å²) in [5.74, 6) is 0.621. The molecule has 0 aliphatic carbocycles. The lowest BCUT2D eigenvalue weighted by Crippen LogP contribution is -2.15. The minimum Gasteiger partial charge on any atom is -0.495 e. The van der Waals surface area contributed by atoms with Gasteiger partial charge in [0.2, 0.25) is 0 Å². The van der Waals surface area contributed by atoms with E-state index in [2.05, 4.69) is 20.6 Å². The average molecular weight is 376 g/mol. The fourth-order valence-corrected chi connectivity index (χ4v) is 2.58. The number of carbonyl (C=O) groups is 2. The summed E-state index contributed by atoms with van der Waals surface area (Å²) in [6, 6.07) is 12.6. The number of amides is 1. The quantitative estimate of drug-likeness (QED) is 0.632. The standard InChI is InChI=1S/C21H20N4O3/c1-13-7-8-19(28-3)17(9-13)25-21(27)18-11-23-20(12-22-18)24-16-6-4-5-15(10-16)14(2)26/h4-12H,1-3H3,(H,23,24)(H,25,27). The highest BCUT2D eigenvalue weighted by atomic mass is 16.5. The molecule has 7 heteroatoms. The summed E-state index contributed by atoms with van der Waals surface area (Å²) in [4.78, 5) is 32.3. The number of nitrogens with zero attached hydrogens (tertiary/aromatic N) is 2. The lowest BCUT2D eigenvalue weighted by atomic mass is 10.1. The van der Waals surface area contributed by atoms with Crippen LogP contribution < -0.4 is 15.4 Å². The highest BCUT2D eigenvalue weighted by molar-refractivity contribution is 6.03. The third-order valence-electron chi connectivity index (χ3n) is 4.03. The van der Waals surface area contributed by atoms with Gasteiger partial charge in [-0.1, -0.05) is 18.2 Å². The van der Waals surface area contributed by atoms with E-state index in [9.17, 15) is 9.59 Å². The molecule has 142 valence electrons. The minimum absolute atomic E-state index is 0.0201. The molecule has 0 saturated carbocycles. The maximum absolute atomic E-state index is 12.5. The van der Waals surface area contributed by atoms with E-state index in [1.807, 2.05) is 25.1 Å². The number of anilines is 3. The van der Waals surface area contributed by atoms with E-state index in [0.29, 0.717) is 28.5 Å². The first-order chi connectivity index (χ1) is 13.5. The Bertz CT molecular complexity index is 1020. The molecule has 0 aliphatic rings. The number of methoxy groups -OCH3 is 1. The van der Waals surface area contributed by atoms with E-state index in [-0.39, 0.29) is 17.4 Å². The molecule has 28 heavy (non-hydrogen) atoms. The molecule has 0 spiro atoms. The number of aromatic nitrogens is 2. The summed E-state index contributed by atoms with van der Waals surface area (Å²) in [6.07, 6.45) is 2.84. The van der Waals surface area contributed by atoms with Crippen molar-refractivity contribution < 1.29 is 14.3 Å². The van der Waals surface area contributed by atoms with Gasteiger partial charge in [0.05, 0.1) is 25.2 Å². The van der Waals surface area contributed by atoms with Crippen LogP contribution in [-0.2, 0) is 0 Å². The van der Waals surface area contributed by atoms with Gasteiger partial charge in [-0.05, 0) is 43.7 Å². The van der Waals surface area contributed by atoms with Crippen molar-refractivity contribution in [3.05, 3.63) is 71.7 Å². The SMILES string of the molecule is COc1ccc(C)cc1NC(=O)c1cnc(Nc2cccc(C(C)=O)c2)cn1. The Hall–Kier alpha value is -3.74. The zero-order chi connectivity index (χ0) is 20.1. The van der Waals surface area contributed by atoms with E-state index in [1.54, 1.807) is 31.4 Å². The molecule has 1 heterocycles. The van der Waals surface area contributed by atoms with Gasteiger partial charge in [0.1, 0.15) is 17.3 Å². The lowest BCUT2D eigenvalue weighted by molar-refractivity contribution is 0.101. The van der Waals surface area contributed by atoms with E-state index in [4.69, 9.17) is 4.74 Å². The Morgan fingerprint density at radius 1 is 1.04 bits per heavy atom. The van der Waals surface area contributed by atoms with Gasteiger partial charge in [0.15, 0.2) is 5.78 Å². The number of Topliss-reactive ketones (excluding diaryl/α,β-unsaturated/α-hetero) is 1. The Morgan fingerprint density at radius 2 is 1.86 bits per heavy atom. The van der Waals surface area contributed by atoms with Crippen LogP contribution in [0.3, 0.4) is 0 Å². The predicted molar refractivity (Wildman–Crippen MR) is 107 cm³/mol. The summed E-state index contributed by atoms with van der Waals surface area (Å²) < 4.78 is 5.26. The molecule has 0 unspecified atom stereocenters. The van der Waals surface area contributed by atoms with Crippen molar-refractivity contribution in [2.45, 2.75) is 13.8 Å². The van der Waals surface area contributed by atoms with Gasteiger partial charge in [-0.2, -0.15) is 0 Å². The van der Waals surface area contributed by atoms with Crippen LogP contribution in [0.4, 0.5) is 17.2 Å². The van der Waals surface area contributed by atoms with Crippen molar-refractivity contribution in [3.63, 3.8) is 0 Å². The molecule has 1 amide bonds. The summed E-state index contributed by atoms with van der Waals surface area (Å²) in [7, 11) is 1.54. The molecule has 1 aromatic heterocycles. The van der Waals surface area contributed by atoms with Gasteiger partial charge in [-0.15, -0.1) is 0 Å². The largest absolute Gasteiger partial charge is 0.495 e. The molecular weight excluding hydrogens is 356 g/mol. The van der Waals surface area contributed by atoms with Crippen LogP contribution in [-0.4, -0.2) is 28.8 Å². The van der Waals surface area contributed by atoms with E-state index < -0.39 is 0 Å². The van der Waals surface area contributed by atoms with Crippen molar-refractivity contribution in [1.82, 2.24) is 9.97 Å². The number of ketones is 1. The smallest absolute Gasteiger partial charge is 0.275 e. The topological polar surface area (TPSA) is 93.2 Å². The summed E-state index contributed by atoms with van der Waals surface area (Å²) in [6.45, 7) is 3.44. The fourth-order valence-electron chi connectivity index (χ4n) is 2.58. The second-order valence-electron chi connectivity index (χ2n) is 6.21. The van der Waals surface area contributed by atoms with Crippen molar-refractivity contribution in [3.8, 4) is 5.75 Å². The van der Waals surface area contributed by atoms with Crippen LogP contribution in [0, 0.1) is 6.92 Å². The first-order valence-corrected chi connectivity index (χ1v) is 8.62. The predicted octanol–water partition coefficient (Wildman–Crippen LogP) is 3.99. The molecule has 0 atom stereocenters. The van der Waals surface area contributed by atoms with Gasteiger partial charge >= 0.3 is 0 Å². The van der Waals surface area contributed by atoms with Crippen molar-refractivity contribution in [2.75, 3.05) is 17.7 Å². The number of ether oxygens (including phenoxy) is 1. The third kappa shape index (κ3) is 4.50. The van der Waals surface area contributed by atoms with Crippen LogP contribution in [0.25, 0.3) is 0 Å². The zero-order valence-corrected chi connectivity index (χ0v) is 15.8. The number of hydrogen-bond donors (Lipinski definition) is 2. The maximum atomic E-state index is 12.5. The first-order valence-electron chi connectivity index (χ1n) is 8.62. The molecule has 7 nitrogen and oxygen atoms in total. The number of nitrogens with one attached hydrogen (secondary N) is 2. The zero-order valence-electron chi connectivity index (χ0n) is 15.8. The molecule has 2 aromatic carbocycles. The monoisotopic (exact) mass is 376 g/mol. The van der Waals surface area contributed by atoms with Crippen LogP contribution in [0.5, 0.6) is 5.75 Å². The molecule has 3 aromatic rings.